The average molecular weight is 1780 g/mol. The molecule has 3 saturated carbocycles. The van der Waals surface area contributed by atoms with Gasteiger partial charge in [0, 0.05) is 58.4 Å². The maximum atomic E-state index is 14.1. The fourth-order valence-corrected chi connectivity index (χ4v) is 19.3. The van der Waals surface area contributed by atoms with Gasteiger partial charge >= 0.3 is 5.97 Å². The van der Waals surface area contributed by atoms with E-state index in [1.165, 1.54) is 68.3 Å². The number of carbonyl (C=O) groups excluding carboxylic acids is 2. The van der Waals surface area contributed by atoms with E-state index in [0.29, 0.717) is 33.4 Å². The Kier molecular flexibility index (Phi) is 25.3. The molecule has 10 N–H and O–H groups in total. The predicted molar refractivity (Wildman–Crippen MR) is 443 cm³/mol. The van der Waals surface area contributed by atoms with Gasteiger partial charge in [-0.05, 0) is 118 Å². The van der Waals surface area contributed by atoms with E-state index >= 15 is 0 Å². The molecule has 24 nitrogen and oxygen atoms in total. The van der Waals surface area contributed by atoms with E-state index in [1.807, 2.05) is 129 Å². The lowest BCUT2D eigenvalue weighted by molar-refractivity contribution is -0.159. The SMILES string of the molecule is C.CCCC(C)(C)O.COc1cncc2c1[C@]1(O)[C@H](O)[C@H](C(=O)N(C)CC(C)(C)O)[C@@H](c3ccccc3)[C@]1(c1ccc(Br)cc1)O2.COc1cncc2c1[C@]1(O)[C@H](O)[C@H](C(=O)N(C)CC(C)(C)O)[C@@H](c3ccccc3)[C@]1(c1ccc(Br)cc1)O2.COc1cncc2c1[C@]1(O)[C@H](O)[C@H](C(=O)O)[C@@H](c3ccccc3)[C@]1(c1ccc(Br)cc1)O2. The van der Waals surface area contributed by atoms with Crippen LogP contribution < -0.4 is 28.4 Å². The number of aliphatic carboxylic acids is 1. The van der Waals surface area contributed by atoms with E-state index < -0.39 is 122 Å². The van der Waals surface area contributed by atoms with Crippen LogP contribution in [-0.4, -0.2) is 177 Å². The van der Waals surface area contributed by atoms with Gasteiger partial charge in [-0.25, -0.2) is 0 Å². The minimum Gasteiger partial charge on any atom is -0.495 e. The highest BCUT2D eigenvalue weighted by Crippen LogP contribution is 2.73. The van der Waals surface area contributed by atoms with Crippen LogP contribution in [0.15, 0.2) is 214 Å². The van der Waals surface area contributed by atoms with Crippen molar-refractivity contribution >= 4 is 65.6 Å². The molecule has 15 atom stereocenters. The second-order valence-electron chi connectivity index (χ2n) is 32.0. The Morgan fingerprint density at radius 3 is 0.914 bits per heavy atom. The molecule has 0 spiro atoms. The van der Waals surface area contributed by atoms with Crippen molar-refractivity contribution in [3.8, 4) is 34.5 Å². The third-order valence-corrected chi connectivity index (χ3v) is 24.2. The number of nitrogens with zero attached hydrogens (tertiary/aromatic N) is 5. The summed E-state index contributed by atoms with van der Waals surface area (Å²) in [4.78, 5) is 56.1. The van der Waals surface area contributed by atoms with Crippen molar-refractivity contribution < 1.29 is 93.9 Å². The number of aliphatic hydroxyl groups excluding tert-OH is 3. The molecule has 2 amide bonds. The molecule has 3 aromatic heterocycles. The van der Waals surface area contributed by atoms with Crippen molar-refractivity contribution in [3.05, 3.63) is 264 Å². The van der Waals surface area contributed by atoms with Gasteiger partial charge in [0.15, 0.2) is 33.6 Å². The Morgan fingerprint density at radius 1 is 0.431 bits per heavy atom. The number of pyridine rings is 3. The normalized spacial score (nSPS) is 27.3. The molecule has 0 unspecified atom stereocenters. The quantitative estimate of drug-likeness (QED) is 0.0381. The van der Waals surface area contributed by atoms with Gasteiger partial charge in [0.1, 0.15) is 52.8 Å². The van der Waals surface area contributed by atoms with Crippen LogP contribution >= 0.6 is 47.8 Å². The zero-order chi connectivity index (χ0) is 83.5. The molecule has 27 heteroatoms. The number of fused-ring (bicyclic) bond motifs is 9. The zero-order valence-electron chi connectivity index (χ0n) is 65.6. The Morgan fingerprint density at radius 2 is 0.690 bits per heavy atom. The van der Waals surface area contributed by atoms with Crippen molar-refractivity contribution in [3.63, 3.8) is 0 Å². The Labute approximate surface area is 700 Å². The van der Waals surface area contributed by atoms with Gasteiger partial charge in [0.05, 0.1) is 110 Å². The highest BCUT2D eigenvalue weighted by Gasteiger charge is 2.81. The molecule has 0 saturated heterocycles. The van der Waals surface area contributed by atoms with Gasteiger partial charge in [-0.1, -0.05) is 196 Å². The standard InChI is InChI=1S/2C29H31BrN2O6.C24H20BrNO6.C6H14O.CH4/c2*1-27(2,35)16-32(3)26(34)22-23(17-8-6-5-7-9-17)29(18-10-12-19(30)13-11-18)28(36,25(22)33)24-20(37-4)14-31-15-21(24)38-29;1-31-16-11-26-12-17-20(16)23(30)21(27)18(22(28)29)19(13-5-3-2-4-6-13)24(23,32-17)14-7-9-15(25)10-8-14;1-4-5-6(2,3)7;/h2*5-15,22-23,25,33,35-36H,16H2,1-4H3;2-12,18-19,21,27,30H,1H3,(H,28,29);7H,4-5H2,1-3H3;1H4/t2*22-,23-,25-,28+,29+;18-,19-,21-,23+,24+;;/m111../s1. The molecular formula is C89H100Br3N5O19. The van der Waals surface area contributed by atoms with Crippen molar-refractivity contribution in [2.24, 2.45) is 17.8 Å². The summed E-state index contributed by atoms with van der Waals surface area (Å²) < 4.78 is 38.9. The number of methoxy groups -OCH3 is 3. The van der Waals surface area contributed by atoms with Crippen molar-refractivity contribution in [1.82, 2.24) is 24.8 Å². The highest BCUT2D eigenvalue weighted by atomic mass is 79.9. The molecule has 3 aliphatic heterocycles. The van der Waals surface area contributed by atoms with Crippen LogP contribution in [0.2, 0.25) is 0 Å². The average Bonchev–Trinajstić information content (AvgIpc) is 1.51. The predicted octanol–water partition coefficient (Wildman–Crippen LogP) is 12.0. The molecule has 6 aromatic carbocycles. The number of aromatic nitrogens is 3. The van der Waals surface area contributed by atoms with Crippen molar-refractivity contribution in [2.45, 2.75) is 155 Å². The maximum absolute atomic E-state index is 14.1. The van der Waals surface area contributed by atoms with E-state index in [2.05, 4.69) is 69.7 Å². The largest absolute Gasteiger partial charge is 0.495 e. The van der Waals surface area contributed by atoms with Crippen LogP contribution in [0, 0.1) is 17.8 Å². The summed E-state index contributed by atoms with van der Waals surface area (Å²) in [6, 6.07) is 49.2. The second kappa shape index (κ2) is 33.5. The topological polar surface area (TPSA) is 354 Å². The first-order chi connectivity index (χ1) is 54.3. The van der Waals surface area contributed by atoms with E-state index in [-0.39, 0.29) is 71.7 Å². The number of halogens is 3. The maximum Gasteiger partial charge on any atom is 0.310 e. The highest BCUT2D eigenvalue weighted by molar-refractivity contribution is 9.11. The summed E-state index contributed by atoms with van der Waals surface area (Å²) in [7, 11) is 7.49. The number of aliphatic hydroxyl groups is 9. The van der Waals surface area contributed by atoms with Gasteiger partial charge in [0.2, 0.25) is 11.8 Å². The Balaban J connectivity index is 0.000000164. The molecule has 6 aliphatic rings. The van der Waals surface area contributed by atoms with Gasteiger partial charge in [-0.2, -0.15) is 0 Å². The summed E-state index contributed by atoms with van der Waals surface area (Å²) in [6.07, 6.45) is 5.82. The number of likely N-dealkylation sites (N-methyl/N-ethyl adjacent to an activating group) is 2. The summed E-state index contributed by atoms with van der Waals surface area (Å²) in [6.45, 7) is 12.2. The smallest absolute Gasteiger partial charge is 0.310 e. The molecule has 15 rings (SSSR count). The minimum absolute atomic E-state index is 0. The monoisotopic (exact) mass is 1780 g/mol. The molecule has 3 aliphatic carbocycles. The number of rotatable bonds is 18. The fraction of sp³-hybridized carbons (Fsp3) is 0.393. The number of carbonyl (C=O) groups is 3. The van der Waals surface area contributed by atoms with Crippen LogP contribution in [0.3, 0.4) is 0 Å². The molecule has 6 heterocycles. The fourth-order valence-electron chi connectivity index (χ4n) is 18.5. The third-order valence-electron chi connectivity index (χ3n) is 22.7. The molecule has 9 aromatic rings. The zero-order valence-corrected chi connectivity index (χ0v) is 70.4. The Bertz CT molecular complexity index is 4780. The van der Waals surface area contributed by atoms with Crippen LogP contribution in [0.4, 0.5) is 0 Å². The summed E-state index contributed by atoms with van der Waals surface area (Å²) >= 11 is 10.4. The first-order valence-electron chi connectivity index (χ1n) is 37.5. The molecule has 0 radical (unpaired) electrons. The number of ether oxygens (including phenoxy) is 6. The second-order valence-corrected chi connectivity index (χ2v) is 34.7. The molecule has 116 heavy (non-hydrogen) atoms. The van der Waals surface area contributed by atoms with Crippen LogP contribution in [0.25, 0.3) is 0 Å². The van der Waals surface area contributed by atoms with Crippen LogP contribution in [-0.2, 0) is 48.0 Å². The van der Waals surface area contributed by atoms with Crippen molar-refractivity contribution in [2.75, 3.05) is 48.5 Å². The molecular weight excluding hydrogens is 1680 g/mol. The number of carboxylic acid groups (broad SMARTS) is 1. The van der Waals surface area contributed by atoms with Crippen molar-refractivity contribution in [1.29, 1.82) is 0 Å². The van der Waals surface area contributed by atoms with Gasteiger partial charge in [0.25, 0.3) is 0 Å². The third kappa shape index (κ3) is 14.8. The number of hydrogen-bond acceptors (Lipinski definition) is 21. The number of benzene rings is 6. The van der Waals surface area contributed by atoms with Gasteiger partial charge in [-0.15, -0.1) is 0 Å². The summed E-state index contributed by atoms with van der Waals surface area (Å²) in [5, 5.41) is 114. The first kappa shape index (κ1) is 87.9. The Hall–Kier alpha value is -8.94. The lowest BCUT2D eigenvalue weighted by Gasteiger charge is -2.41. The number of amides is 2. The molecule has 616 valence electrons. The van der Waals surface area contributed by atoms with Crippen LogP contribution in [0.1, 0.15) is 137 Å². The van der Waals surface area contributed by atoms with E-state index in [9.17, 15) is 60.3 Å². The van der Waals surface area contributed by atoms with Gasteiger partial charge < -0.3 is 89.3 Å². The minimum atomic E-state index is -2.12. The lowest BCUT2D eigenvalue weighted by Crippen LogP contribution is -2.52. The summed E-state index contributed by atoms with van der Waals surface area (Å²) in [5.74, 6) is -6.76. The molecule has 0 bridgehead atoms. The van der Waals surface area contributed by atoms with E-state index in [4.69, 9.17) is 33.5 Å². The lowest BCUT2D eigenvalue weighted by atomic mass is 9.70. The molecule has 3 fully saturated rings. The van der Waals surface area contributed by atoms with E-state index in [1.54, 1.807) is 90.3 Å². The number of carboxylic acids is 1. The first-order valence-corrected chi connectivity index (χ1v) is 39.9. The van der Waals surface area contributed by atoms with Gasteiger partial charge in [-0.3, -0.25) is 29.3 Å². The number of hydrogen-bond donors (Lipinski definition) is 10. The van der Waals surface area contributed by atoms with E-state index in [0.717, 1.165) is 26.3 Å². The summed E-state index contributed by atoms with van der Waals surface area (Å²) in [5.41, 5.74) is -9.52. The van der Waals surface area contributed by atoms with Crippen LogP contribution in [0.5, 0.6) is 34.5 Å².